The first-order chi connectivity index (χ1) is 32.8. The molecule has 4 bridgehead atoms. The average Bonchev–Trinajstić information content (AvgIpc) is 3.73. The molecule has 5 aromatic carbocycles. The monoisotopic (exact) mass is 969 g/mol. The molecule has 5 heterocycles. The van der Waals surface area contributed by atoms with E-state index in [-0.39, 0.29) is 52.7 Å². The van der Waals surface area contributed by atoms with Crippen LogP contribution < -0.4 is 18.9 Å². The molecule has 0 saturated heterocycles. The van der Waals surface area contributed by atoms with Gasteiger partial charge in [-0.15, -0.1) is 11.3 Å². The number of carboxylic acid groups (broad SMARTS) is 1. The quantitative estimate of drug-likeness (QED) is 0.127. The van der Waals surface area contributed by atoms with Gasteiger partial charge in [-0.2, -0.15) is 13.7 Å². The maximum absolute atomic E-state index is 14.3. The number of aliphatic carboxylic acids is 1. The fraction of sp³-hybridized carbons (Fsp3) is 0.160. The van der Waals surface area contributed by atoms with Gasteiger partial charge in [-0.1, -0.05) is 59.6 Å². The molecule has 0 unspecified atom stereocenters. The Hall–Kier alpha value is -7.49. The van der Waals surface area contributed by atoms with Gasteiger partial charge in [0.25, 0.3) is 10.1 Å². The largest absolute Gasteiger partial charge is 0.490 e. The highest BCUT2D eigenvalue weighted by Gasteiger charge is 2.30. The number of benzene rings is 5. The van der Waals surface area contributed by atoms with Crippen molar-refractivity contribution in [2.45, 2.75) is 44.0 Å². The molecule has 0 fully saturated rings. The van der Waals surface area contributed by atoms with Crippen LogP contribution in [-0.4, -0.2) is 64.9 Å². The molecular formula is C50H37ClFN5O9S2. The summed E-state index contributed by atoms with van der Waals surface area (Å²) in [5, 5.41) is 21.0. The number of hydrogen-bond acceptors (Lipinski definition) is 14. The van der Waals surface area contributed by atoms with E-state index in [1.54, 1.807) is 98.0 Å². The fourth-order valence-corrected chi connectivity index (χ4v) is 9.79. The molecule has 342 valence electrons. The summed E-state index contributed by atoms with van der Waals surface area (Å²) in [6.45, 7) is 2.79. The molecule has 0 radical (unpaired) electrons. The van der Waals surface area contributed by atoms with Crippen LogP contribution in [0.15, 0.2) is 127 Å². The number of rotatable bonds is 10. The number of fused-ring (bicyclic) bond motifs is 7. The summed E-state index contributed by atoms with van der Waals surface area (Å²) in [7, 11) is -4.25. The number of aryl methyl sites for hydroxylation is 1. The second kappa shape index (κ2) is 19.4. The highest BCUT2D eigenvalue weighted by Crippen LogP contribution is 2.49. The minimum atomic E-state index is -4.25. The molecule has 2 aliphatic rings. The summed E-state index contributed by atoms with van der Waals surface area (Å²) < 4.78 is 72.0. The van der Waals surface area contributed by atoms with E-state index in [9.17, 15) is 28.0 Å². The van der Waals surface area contributed by atoms with Gasteiger partial charge in [0.15, 0.2) is 11.9 Å². The van der Waals surface area contributed by atoms with Crippen LogP contribution in [0.1, 0.15) is 27.9 Å². The Morgan fingerprint density at radius 2 is 1.75 bits per heavy atom. The maximum atomic E-state index is 14.3. The standard InChI is InChI=1S/C50H37ClFN5O9S2/c1-28-7-14-37(15-8-28)68(60,61)64-26-36-25-62-35-13-17-40(63-24-34-19-20-54-47(57-34)39-6-4-3-5-31(39)23-53)32(21-35)22-42(50(58)59)66-48-44-43(38-16-18-41(65-36)45(51)29(38)2)46(67-49(44)56-27-55-48)30-9-11-33(52)12-10-30/h3-21,27,36,42H,22,24-26H2,1-2H3,(H,58,59)/t36-,42+/m0/s1. The molecule has 0 spiro atoms. The van der Waals surface area contributed by atoms with Crippen molar-refractivity contribution >= 4 is 49.2 Å². The lowest BCUT2D eigenvalue weighted by Gasteiger charge is -2.22. The van der Waals surface area contributed by atoms with Crippen LogP contribution in [0, 0.1) is 31.0 Å². The SMILES string of the molecule is Cc1ccc(S(=O)(=O)OC[C@@H]2COc3ccc(OCc4ccnc(-c5ccccc5C#N)n4)c(c3)C[C@H](C(=O)O)Oc3ncnc4sc(-c5ccc(F)cc5)c(c34)-c3ccc(c(Cl)c3C)O2)cc1. The van der Waals surface area contributed by atoms with E-state index in [4.69, 9.17) is 34.7 Å². The minimum absolute atomic E-state index is 0.0322. The smallest absolute Gasteiger partial charge is 0.345 e. The van der Waals surface area contributed by atoms with E-state index in [1.807, 2.05) is 6.92 Å². The normalized spacial score (nSPS) is 14.8. The molecule has 68 heavy (non-hydrogen) atoms. The third kappa shape index (κ3) is 9.66. The van der Waals surface area contributed by atoms with Crippen LogP contribution in [-0.2, 0) is 32.1 Å². The molecule has 0 amide bonds. The number of ether oxygens (including phenoxy) is 4. The van der Waals surface area contributed by atoms with Crippen molar-refractivity contribution in [3.8, 4) is 62.2 Å². The molecule has 2 aliphatic heterocycles. The first-order valence-electron chi connectivity index (χ1n) is 20.9. The third-order valence-corrected chi connectivity index (χ3v) is 13.9. The van der Waals surface area contributed by atoms with Crippen LogP contribution in [0.2, 0.25) is 5.02 Å². The van der Waals surface area contributed by atoms with Gasteiger partial charge in [0.2, 0.25) is 12.0 Å². The lowest BCUT2D eigenvalue weighted by atomic mass is 9.96. The lowest BCUT2D eigenvalue weighted by molar-refractivity contribution is -0.145. The van der Waals surface area contributed by atoms with E-state index in [0.29, 0.717) is 65.6 Å². The molecule has 3 aromatic heterocycles. The zero-order chi connectivity index (χ0) is 47.5. The van der Waals surface area contributed by atoms with Gasteiger partial charge in [0.1, 0.15) is 54.0 Å². The van der Waals surface area contributed by atoms with Crippen LogP contribution in [0.25, 0.3) is 43.2 Å². The number of nitriles is 1. The van der Waals surface area contributed by atoms with Crippen molar-refractivity contribution in [2.24, 2.45) is 0 Å². The fourth-order valence-electron chi connectivity index (χ4n) is 7.50. The molecule has 10 rings (SSSR count). The predicted molar refractivity (Wildman–Crippen MR) is 251 cm³/mol. The van der Waals surface area contributed by atoms with Gasteiger partial charge < -0.3 is 24.1 Å². The molecular weight excluding hydrogens is 933 g/mol. The van der Waals surface area contributed by atoms with Crippen LogP contribution in [0.5, 0.6) is 23.1 Å². The Morgan fingerprint density at radius 1 is 0.956 bits per heavy atom. The first kappa shape index (κ1) is 45.7. The summed E-state index contributed by atoms with van der Waals surface area (Å²) in [6.07, 6.45) is -0.0605. The van der Waals surface area contributed by atoms with E-state index in [1.165, 1.54) is 41.9 Å². The summed E-state index contributed by atoms with van der Waals surface area (Å²) in [4.78, 5) is 32.3. The lowest BCUT2D eigenvalue weighted by Crippen LogP contribution is -2.31. The molecule has 2 atom stereocenters. The predicted octanol–water partition coefficient (Wildman–Crippen LogP) is 9.96. The van der Waals surface area contributed by atoms with Gasteiger partial charge in [-0.05, 0) is 97.3 Å². The third-order valence-electron chi connectivity index (χ3n) is 11.0. The number of aromatic nitrogens is 4. The van der Waals surface area contributed by atoms with Crippen molar-refractivity contribution < 1.29 is 45.8 Å². The number of nitrogens with zero attached hydrogens (tertiary/aromatic N) is 5. The Kier molecular flexibility index (Phi) is 13.0. The summed E-state index contributed by atoms with van der Waals surface area (Å²) >= 11 is 8.40. The second-order valence-electron chi connectivity index (χ2n) is 15.6. The van der Waals surface area contributed by atoms with Crippen molar-refractivity contribution in [3.05, 3.63) is 161 Å². The molecule has 0 aliphatic carbocycles. The van der Waals surface area contributed by atoms with Crippen molar-refractivity contribution in [1.29, 1.82) is 5.26 Å². The van der Waals surface area contributed by atoms with Gasteiger partial charge in [0.05, 0.1) is 32.6 Å². The topological polar surface area (TPSA) is 193 Å². The van der Waals surface area contributed by atoms with E-state index < -0.39 is 40.7 Å². The number of hydrogen-bond donors (Lipinski definition) is 1. The highest BCUT2D eigenvalue weighted by molar-refractivity contribution is 7.86. The maximum Gasteiger partial charge on any atom is 0.345 e. The number of carboxylic acids is 1. The van der Waals surface area contributed by atoms with Crippen LogP contribution >= 0.6 is 22.9 Å². The Labute approximate surface area is 398 Å². The Bertz CT molecular complexity index is 3370. The zero-order valence-corrected chi connectivity index (χ0v) is 38.4. The second-order valence-corrected chi connectivity index (χ2v) is 18.6. The number of halogens is 2. The number of carbonyl (C=O) groups is 1. The average molecular weight is 970 g/mol. The van der Waals surface area contributed by atoms with Crippen LogP contribution in [0.4, 0.5) is 4.39 Å². The zero-order valence-electron chi connectivity index (χ0n) is 36.1. The molecule has 0 saturated carbocycles. The molecule has 14 nitrogen and oxygen atoms in total. The van der Waals surface area contributed by atoms with E-state index in [2.05, 4.69) is 26.0 Å². The van der Waals surface area contributed by atoms with E-state index >= 15 is 0 Å². The number of thiophene rings is 1. The van der Waals surface area contributed by atoms with Crippen molar-refractivity contribution in [3.63, 3.8) is 0 Å². The van der Waals surface area contributed by atoms with Crippen molar-refractivity contribution in [1.82, 2.24) is 19.9 Å². The van der Waals surface area contributed by atoms with Gasteiger partial charge in [-0.3, -0.25) is 4.18 Å². The van der Waals surface area contributed by atoms with E-state index in [0.717, 1.165) is 5.56 Å². The van der Waals surface area contributed by atoms with Gasteiger partial charge in [-0.25, -0.2) is 29.1 Å². The molecule has 1 N–H and O–H groups in total. The Morgan fingerprint density at radius 3 is 2.53 bits per heavy atom. The minimum Gasteiger partial charge on any atom is -0.490 e. The highest BCUT2D eigenvalue weighted by atomic mass is 35.5. The van der Waals surface area contributed by atoms with Gasteiger partial charge >= 0.3 is 5.97 Å². The van der Waals surface area contributed by atoms with Gasteiger partial charge in [0, 0.05) is 34.2 Å². The summed E-state index contributed by atoms with van der Waals surface area (Å²) in [6, 6.07) is 31.1. The molecule has 8 aromatic rings. The molecule has 18 heteroatoms. The Balaban J connectivity index is 1.14. The first-order valence-corrected chi connectivity index (χ1v) is 23.5. The van der Waals surface area contributed by atoms with Crippen LogP contribution in [0.3, 0.4) is 0 Å². The summed E-state index contributed by atoms with van der Waals surface area (Å²) in [5.41, 5.74) is 4.94. The summed E-state index contributed by atoms with van der Waals surface area (Å²) in [5.74, 6) is -0.756. The van der Waals surface area contributed by atoms with Crippen molar-refractivity contribution in [2.75, 3.05) is 13.2 Å².